The Morgan fingerprint density at radius 1 is 1.25 bits per heavy atom. The lowest BCUT2D eigenvalue weighted by molar-refractivity contribution is -0.128. The Hall–Kier alpha value is -1.26. The first-order valence-corrected chi connectivity index (χ1v) is 7.67. The summed E-state index contributed by atoms with van der Waals surface area (Å²) in [5.74, 6) is 0.935. The molecule has 1 amide bonds. The van der Waals surface area contributed by atoms with E-state index in [1.165, 1.54) is 32.1 Å². The zero-order valence-corrected chi connectivity index (χ0v) is 13.5. The third kappa shape index (κ3) is 5.02. The van der Waals surface area contributed by atoms with Crippen LogP contribution in [0.15, 0.2) is 4.99 Å². The molecule has 1 saturated carbocycles. The van der Waals surface area contributed by atoms with E-state index < -0.39 is 0 Å². The lowest BCUT2D eigenvalue weighted by Gasteiger charge is -2.28. The highest BCUT2D eigenvalue weighted by molar-refractivity contribution is 5.81. The Bertz CT molecular complexity index is 333. The van der Waals surface area contributed by atoms with Gasteiger partial charge >= 0.3 is 0 Å². The predicted octanol–water partition coefficient (Wildman–Crippen LogP) is 1.60. The topological polar surface area (TPSA) is 56.7 Å². The summed E-state index contributed by atoms with van der Waals surface area (Å²) < 4.78 is 0. The number of hydrogen-bond acceptors (Lipinski definition) is 2. The van der Waals surface area contributed by atoms with Gasteiger partial charge in [0.15, 0.2) is 5.96 Å². The van der Waals surface area contributed by atoms with E-state index in [4.69, 9.17) is 0 Å². The molecule has 0 aromatic carbocycles. The first-order valence-electron chi connectivity index (χ1n) is 7.67. The molecular formula is C15H30N4O. The average molecular weight is 282 g/mol. The van der Waals surface area contributed by atoms with Gasteiger partial charge in [-0.3, -0.25) is 9.79 Å². The van der Waals surface area contributed by atoms with Crippen molar-refractivity contribution in [3.8, 4) is 0 Å². The van der Waals surface area contributed by atoms with E-state index in [0.717, 1.165) is 12.5 Å². The highest BCUT2D eigenvalue weighted by Gasteiger charge is 2.31. The molecule has 0 atom stereocenters. The van der Waals surface area contributed by atoms with E-state index in [-0.39, 0.29) is 5.91 Å². The number of rotatable bonds is 6. The summed E-state index contributed by atoms with van der Waals surface area (Å²) >= 11 is 0. The van der Waals surface area contributed by atoms with Crippen LogP contribution in [0.2, 0.25) is 0 Å². The molecule has 20 heavy (non-hydrogen) atoms. The van der Waals surface area contributed by atoms with Gasteiger partial charge in [0.05, 0.1) is 0 Å². The number of carbonyl (C=O) groups is 1. The SMILES string of the molecule is CCC1(CNC(=NC)NCCC(=O)N(C)C)CCCC1. The Balaban J connectivity index is 2.31. The molecule has 1 aliphatic rings. The van der Waals surface area contributed by atoms with Gasteiger partial charge in [0.1, 0.15) is 0 Å². The molecular weight excluding hydrogens is 252 g/mol. The van der Waals surface area contributed by atoms with Crippen molar-refractivity contribution in [2.24, 2.45) is 10.4 Å². The van der Waals surface area contributed by atoms with Crippen molar-refractivity contribution < 1.29 is 4.79 Å². The molecule has 1 fully saturated rings. The zero-order chi connectivity index (χ0) is 15.0. The summed E-state index contributed by atoms with van der Waals surface area (Å²) in [7, 11) is 5.33. The van der Waals surface area contributed by atoms with E-state index >= 15 is 0 Å². The third-order valence-electron chi connectivity index (χ3n) is 4.40. The number of hydrogen-bond donors (Lipinski definition) is 2. The Labute approximate surface area is 123 Å². The van der Waals surface area contributed by atoms with Crippen molar-refractivity contribution in [3.63, 3.8) is 0 Å². The van der Waals surface area contributed by atoms with E-state index in [2.05, 4.69) is 22.5 Å². The lowest BCUT2D eigenvalue weighted by atomic mass is 9.83. The van der Waals surface area contributed by atoms with Crippen molar-refractivity contribution in [1.29, 1.82) is 0 Å². The molecule has 0 unspecified atom stereocenters. The molecule has 5 heteroatoms. The second kappa shape index (κ2) is 8.12. The minimum absolute atomic E-state index is 0.133. The number of amides is 1. The zero-order valence-electron chi connectivity index (χ0n) is 13.5. The second-order valence-corrected chi connectivity index (χ2v) is 5.95. The maximum atomic E-state index is 11.5. The summed E-state index contributed by atoms with van der Waals surface area (Å²) in [6, 6.07) is 0. The van der Waals surface area contributed by atoms with E-state index in [9.17, 15) is 4.79 Å². The van der Waals surface area contributed by atoms with Crippen LogP contribution >= 0.6 is 0 Å². The summed E-state index contributed by atoms with van der Waals surface area (Å²) in [6.07, 6.45) is 7.03. The van der Waals surface area contributed by atoms with Gasteiger partial charge in [0.2, 0.25) is 5.91 Å². The standard InChI is InChI=1S/C15H30N4O/c1-5-15(9-6-7-10-15)12-18-14(16-2)17-11-8-13(20)19(3)4/h5-12H2,1-4H3,(H2,16,17,18). The third-order valence-corrected chi connectivity index (χ3v) is 4.40. The van der Waals surface area contributed by atoms with Crippen LogP contribution in [0.1, 0.15) is 45.4 Å². The average Bonchev–Trinajstić information content (AvgIpc) is 2.91. The summed E-state index contributed by atoms with van der Waals surface area (Å²) in [5, 5.41) is 6.63. The van der Waals surface area contributed by atoms with Crippen LogP contribution in [-0.2, 0) is 4.79 Å². The van der Waals surface area contributed by atoms with E-state index in [0.29, 0.717) is 18.4 Å². The minimum Gasteiger partial charge on any atom is -0.356 e. The number of nitrogens with zero attached hydrogens (tertiary/aromatic N) is 2. The Morgan fingerprint density at radius 3 is 2.40 bits per heavy atom. The molecule has 0 aromatic rings. The van der Waals surface area contributed by atoms with Gasteiger partial charge in [-0.1, -0.05) is 19.8 Å². The lowest BCUT2D eigenvalue weighted by Crippen LogP contribution is -2.43. The fourth-order valence-corrected chi connectivity index (χ4v) is 2.78. The molecule has 0 bridgehead atoms. The van der Waals surface area contributed by atoms with E-state index in [1.807, 2.05) is 0 Å². The molecule has 0 spiro atoms. The molecule has 1 rings (SSSR count). The van der Waals surface area contributed by atoms with Gasteiger partial charge in [0.25, 0.3) is 0 Å². The van der Waals surface area contributed by atoms with Crippen molar-refractivity contribution >= 4 is 11.9 Å². The number of nitrogens with one attached hydrogen (secondary N) is 2. The molecule has 1 aliphatic carbocycles. The Morgan fingerprint density at radius 2 is 1.90 bits per heavy atom. The summed E-state index contributed by atoms with van der Waals surface area (Å²) in [6.45, 7) is 3.87. The summed E-state index contributed by atoms with van der Waals surface area (Å²) in [4.78, 5) is 17.3. The number of aliphatic imine (C=N–C) groups is 1. The van der Waals surface area contributed by atoms with Gasteiger partial charge in [-0.2, -0.15) is 0 Å². The fourth-order valence-electron chi connectivity index (χ4n) is 2.78. The molecule has 0 aromatic heterocycles. The maximum Gasteiger partial charge on any atom is 0.223 e. The van der Waals surface area contributed by atoms with Crippen LogP contribution in [0.4, 0.5) is 0 Å². The van der Waals surface area contributed by atoms with Crippen molar-refractivity contribution in [2.45, 2.75) is 45.4 Å². The largest absolute Gasteiger partial charge is 0.356 e. The van der Waals surface area contributed by atoms with Crippen molar-refractivity contribution in [2.75, 3.05) is 34.2 Å². The molecule has 2 N–H and O–H groups in total. The van der Waals surface area contributed by atoms with Crippen LogP contribution in [0.25, 0.3) is 0 Å². The fraction of sp³-hybridized carbons (Fsp3) is 0.867. The molecule has 5 nitrogen and oxygen atoms in total. The Kier molecular flexibility index (Phi) is 6.82. The van der Waals surface area contributed by atoms with Crippen LogP contribution in [0.5, 0.6) is 0 Å². The number of carbonyl (C=O) groups excluding carboxylic acids is 1. The van der Waals surface area contributed by atoms with Crippen LogP contribution in [-0.4, -0.2) is 51.0 Å². The normalized spacial score (nSPS) is 17.9. The molecule has 0 aliphatic heterocycles. The highest BCUT2D eigenvalue weighted by Crippen LogP contribution is 2.40. The summed E-state index contributed by atoms with van der Waals surface area (Å²) in [5.41, 5.74) is 0.442. The van der Waals surface area contributed by atoms with Crippen LogP contribution < -0.4 is 10.6 Å². The quantitative estimate of drug-likeness (QED) is 0.575. The predicted molar refractivity (Wildman–Crippen MR) is 83.9 cm³/mol. The maximum absolute atomic E-state index is 11.5. The second-order valence-electron chi connectivity index (χ2n) is 5.95. The van der Waals surface area contributed by atoms with Gasteiger partial charge in [-0.25, -0.2) is 0 Å². The minimum atomic E-state index is 0.133. The smallest absolute Gasteiger partial charge is 0.223 e. The van der Waals surface area contributed by atoms with Crippen LogP contribution in [0.3, 0.4) is 0 Å². The molecule has 116 valence electrons. The molecule has 0 radical (unpaired) electrons. The highest BCUT2D eigenvalue weighted by atomic mass is 16.2. The van der Waals surface area contributed by atoms with E-state index in [1.54, 1.807) is 26.0 Å². The molecule has 0 heterocycles. The monoisotopic (exact) mass is 282 g/mol. The van der Waals surface area contributed by atoms with Gasteiger partial charge in [-0.15, -0.1) is 0 Å². The first-order chi connectivity index (χ1) is 9.53. The van der Waals surface area contributed by atoms with Gasteiger partial charge < -0.3 is 15.5 Å². The number of guanidine groups is 1. The van der Waals surface area contributed by atoms with Crippen LogP contribution in [0, 0.1) is 5.41 Å². The van der Waals surface area contributed by atoms with Gasteiger partial charge in [0, 0.05) is 40.7 Å². The molecule has 0 saturated heterocycles. The van der Waals surface area contributed by atoms with Crippen molar-refractivity contribution in [3.05, 3.63) is 0 Å². The first kappa shape index (κ1) is 16.8. The van der Waals surface area contributed by atoms with Crippen molar-refractivity contribution in [1.82, 2.24) is 15.5 Å². The van der Waals surface area contributed by atoms with Gasteiger partial charge in [-0.05, 0) is 24.7 Å².